The lowest BCUT2D eigenvalue weighted by Crippen LogP contribution is -2.21. The van der Waals surface area contributed by atoms with E-state index in [1.165, 1.54) is 0 Å². The van der Waals surface area contributed by atoms with Crippen LogP contribution < -0.4 is 10.3 Å². The predicted octanol–water partition coefficient (Wildman–Crippen LogP) is 5.16. The Bertz CT molecular complexity index is 1270. The summed E-state index contributed by atoms with van der Waals surface area (Å²) in [5, 5.41) is 0.523. The van der Waals surface area contributed by atoms with Crippen LogP contribution in [0.1, 0.15) is 0 Å². The summed E-state index contributed by atoms with van der Waals surface area (Å²) in [5.41, 5.74) is 3.33. The van der Waals surface area contributed by atoms with E-state index in [1.807, 2.05) is 87.0 Å². The molecule has 0 aliphatic rings. The molecule has 0 spiro atoms. The molecular formula is C26H24ClN3O2. The van der Waals surface area contributed by atoms with Crippen LogP contribution in [-0.2, 0) is 0 Å². The van der Waals surface area contributed by atoms with Crippen LogP contribution in [0.3, 0.4) is 0 Å². The number of hydrogen-bond donors (Lipinski definition) is 0. The third-order valence-electron chi connectivity index (χ3n) is 5.04. The molecule has 0 atom stereocenters. The highest BCUT2D eigenvalue weighted by Crippen LogP contribution is 2.29. The molecule has 0 unspecified atom stereocenters. The van der Waals surface area contributed by atoms with Gasteiger partial charge in [-0.2, -0.15) is 0 Å². The third-order valence-corrected chi connectivity index (χ3v) is 5.37. The fourth-order valence-corrected chi connectivity index (χ4v) is 3.63. The van der Waals surface area contributed by atoms with E-state index in [-0.39, 0.29) is 5.56 Å². The van der Waals surface area contributed by atoms with Gasteiger partial charge in [-0.3, -0.25) is 14.3 Å². The van der Waals surface area contributed by atoms with Gasteiger partial charge in [0.15, 0.2) is 0 Å². The van der Waals surface area contributed by atoms with Crippen LogP contribution in [0, 0.1) is 0 Å². The van der Waals surface area contributed by atoms with Crippen molar-refractivity contribution in [3.05, 3.63) is 101 Å². The number of likely N-dealkylation sites (N-methyl/N-ethyl adjacent to an activating group) is 1. The largest absolute Gasteiger partial charge is 0.492 e. The first kappa shape index (κ1) is 21.8. The van der Waals surface area contributed by atoms with Gasteiger partial charge in [-0.15, -0.1) is 0 Å². The van der Waals surface area contributed by atoms with Gasteiger partial charge in [-0.25, -0.2) is 0 Å². The molecule has 2 heterocycles. The monoisotopic (exact) mass is 445 g/mol. The highest BCUT2D eigenvalue weighted by Gasteiger charge is 2.14. The van der Waals surface area contributed by atoms with Crippen LogP contribution >= 0.6 is 11.6 Å². The predicted molar refractivity (Wildman–Crippen MR) is 130 cm³/mol. The van der Waals surface area contributed by atoms with E-state index in [9.17, 15) is 4.79 Å². The lowest BCUT2D eigenvalue weighted by atomic mass is 10.0. The third kappa shape index (κ3) is 4.90. The maximum atomic E-state index is 13.6. The fourth-order valence-electron chi connectivity index (χ4n) is 3.39. The zero-order valence-electron chi connectivity index (χ0n) is 18.0. The van der Waals surface area contributed by atoms with E-state index in [2.05, 4.69) is 9.88 Å². The number of hydrogen-bond acceptors (Lipinski definition) is 4. The van der Waals surface area contributed by atoms with Gasteiger partial charge in [0.05, 0.1) is 11.4 Å². The van der Waals surface area contributed by atoms with Crippen molar-refractivity contribution >= 4 is 11.6 Å². The van der Waals surface area contributed by atoms with Gasteiger partial charge in [0.25, 0.3) is 5.56 Å². The van der Waals surface area contributed by atoms with Gasteiger partial charge in [0, 0.05) is 46.7 Å². The van der Waals surface area contributed by atoms with Crippen LogP contribution in [-0.4, -0.2) is 41.7 Å². The minimum Gasteiger partial charge on any atom is -0.492 e. The molecule has 0 bridgehead atoms. The number of nitrogens with zero attached hydrogens (tertiary/aromatic N) is 3. The van der Waals surface area contributed by atoms with Crippen molar-refractivity contribution in [2.45, 2.75) is 0 Å². The van der Waals surface area contributed by atoms with Crippen LogP contribution in [0.4, 0.5) is 0 Å². The minimum absolute atomic E-state index is 0.164. The Morgan fingerprint density at radius 1 is 0.969 bits per heavy atom. The smallest absolute Gasteiger partial charge is 0.263 e. The van der Waals surface area contributed by atoms with Gasteiger partial charge < -0.3 is 9.64 Å². The summed E-state index contributed by atoms with van der Waals surface area (Å²) < 4.78 is 7.50. The van der Waals surface area contributed by atoms with E-state index >= 15 is 0 Å². The summed E-state index contributed by atoms with van der Waals surface area (Å²) in [6.45, 7) is 1.36. The molecule has 5 nitrogen and oxygen atoms in total. The van der Waals surface area contributed by atoms with Crippen molar-refractivity contribution in [2.24, 2.45) is 0 Å². The van der Waals surface area contributed by atoms with E-state index < -0.39 is 0 Å². The SMILES string of the molecule is CN(C)CCOc1cccc(-n2cc(-c3ccccn3)cc(-c3ccccc3Cl)c2=O)c1. The highest BCUT2D eigenvalue weighted by molar-refractivity contribution is 6.33. The Morgan fingerprint density at radius 2 is 1.78 bits per heavy atom. The quantitative estimate of drug-likeness (QED) is 0.394. The molecule has 0 aliphatic heterocycles. The van der Waals surface area contributed by atoms with Crippen molar-refractivity contribution in [1.82, 2.24) is 14.5 Å². The molecule has 0 fully saturated rings. The Morgan fingerprint density at radius 3 is 2.53 bits per heavy atom. The molecular weight excluding hydrogens is 422 g/mol. The molecule has 2 aromatic heterocycles. The van der Waals surface area contributed by atoms with E-state index in [1.54, 1.807) is 16.8 Å². The average molecular weight is 446 g/mol. The first-order valence-corrected chi connectivity index (χ1v) is 10.7. The summed E-state index contributed by atoms with van der Waals surface area (Å²) in [7, 11) is 4.00. The van der Waals surface area contributed by atoms with E-state index in [0.29, 0.717) is 34.2 Å². The molecule has 0 aliphatic carbocycles. The van der Waals surface area contributed by atoms with Gasteiger partial charge >= 0.3 is 0 Å². The van der Waals surface area contributed by atoms with Crippen LogP contribution in [0.25, 0.3) is 28.1 Å². The van der Waals surface area contributed by atoms with Crippen molar-refractivity contribution in [3.8, 4) is 33.8 Å². The minimum atomic E-state index is -0.164. The van der Waals surface area contributed by atoms with Crippen LogP contribution in [0.5, 0.6) is 5.75 Å². The molecule has 4 rings (SSSR count). The van der Waals surface area contributed by atoms with Crippen LogP contribution in [0.2, 0.25) is 5.02 Å². The van der Waals surface area contributed by atoms with E-state index in [4.69, 9.17) is 16.3 Å². The Balaban J connectivity index is 1.84. The number of benzene rings is 2. The number of ether oxygens (including phenoxy) is 1. The molecule has 6 heteroatoms. The second-order valence-electron chi connectivity index (χ2n) is 7.66. The van der Waals surface area contributed by atoms with Crippen molar-refractivity contribution in [2.75, 3.05) is 27.2 Å². The Kier molecular flexibility index (Phi) is 6.69. The molecule has 2 aromatic carbocycles. The zero-order chi connectivity index (χ0) is 22.5. The number of halogens is 1. The highest BCUT2D eigenvalue weighted by atomic mass is 35.5. The summed E-state index contributed by atoms with van der Waals surface area (Å²) >= 11 is 6.45. The maximum Gasteiger partial charge on any atom is 0.263 e. The summed E-state index contributed by atoms with van der Waals surface area (Å²) in [6, 6.07) is 22.4. The second-order valence-corrected chi connectivity index (χ2v) is 8.07. The molecule has 0 saturated heterocycles. The van der Waals surface area contributed by atoms with Crippen molar-refractivity contribution < 1.29 is 4.74 Å². The normalized spacial score (nSPS) is 11.0. The molecule has 4 aromatic rings. The molecule has 0 N–H and O–H groups in total. The summed E-state index contributed by atoms with van der Waals surface area (Å²) in [6.07, 6.45) is 3.54. The van der Waals surface area contributed by atoms with Gasteiger partial charge in [0.2, 0.25) is 0 Å². The zero-order valence-corrected chi connectivity index (χ0v) is 18.8. The topological polar surface area (TPSA) is 47.4 Å². The van der Waals surface area contributed by atoms with Crippen molar-refractivity contribution in [1.29, 1.82) is 0 Å². The second kappa shape index (κ2) is 9.81. The number of aromatic nitrogens is 2. The Hall–Kier alpha value is -3.41. The first-order valence-electron chi connectivity index (χ1n) is 10.3. The average Bonchev–Trinajstić information content (AvgIpc) is 2.80. The molecule has 0 radical (unpaired) electrons. The van der Waals surface area contributed by atoms with Crippen molar-refractivity contribution in [3.63, 3.8) is 0 Å². The fraction of sp³-hybridized carbons (Fsp3) is 0.154. The standard InChI is InChI=1S/C26H24ClN3O2/c1-29(2)14-15-32-21-9-7-8-20(17-21)30-18-19(25-12-5-6-13-28-25)16-23(26(30)31)22-10-3-4-11-24(22)27/h3-13,16-18H,14-15H2,1-2H3. The molecule has 32 heavy (non-hydrogen) atoms. The molecule has 0 amide bonds. The number of pyridine rings is 2. The summed E-state index contributed by atoms with van der Waals surface area (Å²) in [4.78, 5) is 20.1. The lowest BCUT2D eigenvalue weighted by molar-refractivity contribution is 0.261. The van der Waals surface area contributed by atoms with Gasteiger partial charge in [-0.1, -0.05) is 41.9 Å². The van der Waals surface area contributed by atoms with E-state index in [0.717, 1.165) is 17.8 Å². The van der Waals surface area contributed by atoms with Crippen LogP contribution in [0.15, 0.2) is 90.0 Å². The van der Waals surface area contributed by atoms with Gasteiger partial charge in [-0.05, 0) is 50.5 Å². The molecule has 162 valence electrons. The maximum absolute atomic E-state index is 13.6. The first-order chi connectivity index (χ1) is 15.5. The van der Waals surface area contributed by atoms with Gasteiger partial charge in [0.1, 0.15) is 12.4 Å². The lowest BCUT2D eigenvalue weighted by Gasteiger charge is -2.15. The Labute approximate surface area is 192 Å². The summed E-state index contributed by atoms with van der Waals surface area (Å²) in [5.74, 6) is 0.707. The molecule has 0 saturated carbocycles. The number of rotatable bonds is 7.